The molecule has 1 aliphatic carbocycles. The number of nitrogens with two attached hydrogens (primary N) is 1. The summed E-state index contributed by atoms with van der Waals surface area (Å²) in [5.74, 6) is 1.77. The van der Waals surface area contributed by atoms with Gasteiger partial charge in [0.15, 0.2) is 5.84 Å². The maximum Gasteiger partial charge on any atom is 0.170 e. The molecule has 1 aromatic rings. The van der Waals surface area contributed by atoms with Crippen LogP contribution >= 0.6 is 0 Å². The van der Waals surface area contributed by atoms with Crippen LogP contribution in [0.5, 0.6) is 5.75 Å². The molecular formula is C15H22N2O2. The van der Waals surface area contributed by atoms with Gasteiger partial charge in [-0.1, -0.05) is 30.6 Å². The Balaban J connectivity index is 1.96. The van der Waals surface area contributed by atoms with Crippen LogP contribution in [0.2, 0.25) is 0 Å². The lowest BCUT2D eigenvalue weighted by atomic mass is 9.86. The summed E-state index contributed by atoms with van der Waals surface area (Å²) in [4.78, 5) is 0. The fourth-order valence-electron chi connectivity index (χ4n) is 2.64. The first-order chi connectivity index (χ1) is 9.22. The molecule has 1 fully saturated rings. The second-order valence-electron chi connectivity index (χ2n) is 5.18. The van der Waals surface area contributed by atoms with E-state index in [9.17, 15) is 0 Å². The van der Waals surface area contributed by atoms with Crippen LogP contribution < -0.4 is 10.5 Å². The first kappa shape index (κ1) is 13.7. The number of rotatable bonds is 4. The molecule has 0 bridgehead atoms. The van der Waals surface area contributed by atoms with Crippen LogP contribution in [-0.2, 0) is 0 Å². The molecule has 0 atom stereocenters. The van der Waals surface area contributed by atoms with E-state index in [0.717, 1.165) is 24.5 Å². The van der Waals surface area contributed by atoms with Gasteiger partial charge in [-0.3, -0.25) is 0 Å². The molecule has 1 saturated carbocycles. The second-order valence-corrected chi connectivity index (χ2v) is 5.18. The van der Waals surface area contributed by atoms with Crippen LogP contribution in [0, 0.1) is 5.92 Å². The van der Waals surface area contributed by atoms with Crippen molar-refractivity contribution in [3.63, 3.8) is 0 Å². The van der Waals surface area contributed by atoms with Crippen molar-refractivity contribution in [3.05, 3.63) is 29.8 Å². The number of ether oxygens (including phenoxy) is 1. The average molecular weight is 262 g/mol. The standard InChI is InChI=1S/C15H22N2O2/c1-2-11-6-8-13(9-7-11)19-14-5-3-4-12(10-14)15(16)17-18/h3-5,10-11,13,18H,2,6-9H2,1H3,(H2,16,17). The maximum atomic E-state index is 8.68. The van der Waals surface area contributed by atoms with Crippen molar-refractivity contribution in [2.75, 3.05) is 0 Å². The first-order valence-electron chi connectivity index (χ1n) is 6.97. The number of hydrogen-bond donors (Lipinski definition) is 2. The summed E-state index contributed by atoms with van der Waals surface area (Å²) < 4.78 is 5.99. The SMILES string of the molecule is CCC1CCC(Oc2cccc(C(N)=NO)c2)CC1. The third-order valence-corrected chi connectivity index (χ3v) is 3.91. The zero-order chi connectivity index (χ0) is 13.7. The van der Waals surface area contributed by atoms with Crippen molar-refractivity contribution in [1.82, 2.24) is 0 Å². The Morgan fingerprint density at radius 2 is 2.11 bits per heavy atom. The molecule has 4 nitrogen and oxygen atoms in total. The molecule has 0 unspecified atom stereocenters. The lowest BCUT2D eigenvalue weighted by Crippen LogP contribution is -2.24. The average Bonchev–Trinajstić information content (AvgIpc) is 2.47. The topological polar surface area (TPSA) is 67.8 Å². The Kier molecular flexibility index (Phi) is 4.66. The summed E-state index contributed by atoms with van der Waals surface area (Å²) in [6.45, 7) is 2.26. The van der Waals surface area contributed by atoms with Crippen LogP contribution in [-0.4, -0.2) is 17.1 Å². The van der Waals surface area contributed by atoms with E-state index in [2.05, 4.69) is 12.1 Å². The molecule has 1 aromatic carbocycles. The van der Waals surface area contributed by atoms with Gasteiger partial charge in [0.25, 0.3) is 0 Å². The minimum absolute atomic E-state index is 0.111. The highest BCUT2D eigenvalue weighted by Gasteiger charge is 2.21. The number of nitrogens with zero attached hydrogens (tertiary/aromatic N) is 1. The van der Waals surface area contributed by atoms with E-state index in [4.69, 9.17) is 15.7 Å². The molecule has 0 radical (unpaired) electrons. The summed E-state index contributed by atoms with van der Waals surface area (Å²) >= 11 is 0. The van der Waals surface area contributed by atoms with Gasteiger partial charge in [-0.2, -0.15) is 0 Å². The summed E-state index contributed by atoms with van der Waals surface area (Å²) in [5, 5.41) is 11.7. The molecule has 19 heavy (non-hydrogen) atoms. The van der Waals surface area contributed by atoms with E-state index >= 15 is 0 Å². The highest BCUT2D eigenvalue weighted by atomic mass is 16.5. The van der Waals surface area contributed by atoms with Crippen molar-refractivity contribution >= 4 is 5.84 Å². The molecule has 0 heterocycles. The van der Waals surface area contributed by atoms with Crippen LogP contribution in [0.4, 0.5) is 0 Å². The number of oxime groups is 1. The Morgan fingerprint density at radius 1 is 1.37 bits per heavy atom. The van der Waals surface area contributed by atoms with E-state index in [-0.39, 0.29) is 5.84 Å². The molecule has 0 amide bonds. The third kappa shape index (κ3) is 3.63. The van der Waals surface area contributed by atoms with Crippen LogP contribution in [0.25, 0.3) is 0 Å². The molecule has 0 spiro atoms. The second kappa shape index (κ2) is 6.45. The largest absolute Gasteiger partial charge is 0.490 e. The van der Waals surface area contributed by atoms with Crippen LogP contribution in [0.3, 0.4) is 0 Å². The molecule has 0 aliphatic heterocycles. The molecule has 104 valence electrons. The third-order valence-electron chi connectivity index (χ3n) is 3.91. The fraction of sp³-hybridized carbons (Fsp3) is 0.533. The summed E-state index contributed by atoms with van der Waals surface area (Å²) in [6.07, 6.45) is 6.30. The zero-order valence-corrected chi connectivity index (χ0v) is 11.4. The van der Waals surface area contributed by atoms with E-state index in [1.54, 1.807) is 6.07 Å². The molecule has 0 saturated heterocycles. The smallest absolute Gasteiger partial charge is 0.170 e. The van der Waals surface area contributed by atoms with Crippen molar-refractivity contribution in [2.24, 2.45) is 16.8 Å². The monoisotopic (exact) mass is 262 g/mol. The maximum absolute atomic E-state index is 8.68. The van der Waals surface area contributed by atoms with Gasteiger partial charge in [-0.25, -0.2) is 0 Å². The minimum atomic E-state index is 0.111. The van der Waals surface area contributed by atoms with E-state index in [1.807, 2.05) is 18.2 Å². The number of amidine groups is 1. The van der Waals surface area contributed by atoms with E-state index < -0.39 is 0 Å². The highest BCUT2D eigenvalue weighted by molar-refractivity contribution is 5.97. The normalized spacial score (nSPS) is 24.2. The molecule has 4 heteroatoms. The number of benzene rings is 1. The molecule has 2 rings (SSSR count). The predicted molar refractivity (Wildman–Crippen MR) is 75.6 cm³/mol. The fourth-order valence-corrected chi connectivity index (χ4v) is 2.64. The van der Waals surface area contributed by atoms with Crippen molar-refractivity contribution in [3.8, 4) is 5.75 Å². The lowest BCUT2D eigenvalue weighted by Gasteiger charge is -2.28. The van der Waals surface area contributed by atoms with Gasteiger partial charge in [-0.15, -0.1) is 0 Å². The molecule has 0 aromatic heterocycles. The van der Waals surface area contributed by atoms with Crippen LogP contribution in [0.15, 0.2) is 29.4 Å². The van der Waals surface area contributed by atoms with Gasteiger partial charge in [0.05, 0.1) is 6.10 Å². The van der Waals surface area contributed by atoms with Gasteiger partial charge < -0.3 is 15.7 Å². The Bertz CT molecular complexity index is 438. The van der Waals surface area contributed by atoms with Gasteiger partial charge in [0.1, 0.15) is 5.75 Å². The zero-order valence-electron chi connectivity index (χ0n) is 11.4. The van der Waals surface area contributed by atoms with E-state index in [1.165, 1.54) is 19.3 Å². The van der Waals surface area contributed by atoms with Crippen molar-refractivity contribution < 1.29 is 9.94 Å². The quantitative estimate of drug-likeness (QED) is 0.379. The Morgan fingerprint density at radius 3 is 2.74 bits per heavy atom. The lowest BCUT2D eigenvalue weighted by molar-refractivity contribution is 0.130. The molecular weight excluding hydrogens is 240 g/mol. The minimum Gasteiger partial charge on any atom is -0.490 e. The number of hydrogen-bond acceptors (Lipinski definition) is 3. The van der Waals surface area contributed by atoms with E-state index in [0.29, 0.717) is 11.7 Å². The Labute approximate surface area is 114 Å². The summed E-state index contributed by atoms with van der Waals surface area (Å²) in [7, 11) is 0. The highest BCUT2D eigenvalue weighted by Crippen LogP contribution is 2.29. The van der Waals surface area contributed by atoms with Gasteiger partial charge in [0.2, 0.25) is 0 Å². The first-order valence-corrected chi connectivity index (χ1v) is 6.97. The van der Waals surface area contributed by atoms with Gasteiger partial charge >= 0.3 is 0 Å². The summed E-state index contributed by atoms with van der Waals surface area (Å²) in [5.41, 5.74) is 6.26. The van der Waals surface area contributed by atoms with Gasteiger partial charge in [0, 0.05) is 5.56 Å². The van der Waals surface area contributed by atoms with Crippen molar-refractivity contribution in [2.45, 2.75) is 45.1 Å². The Hall–Kier alpha value is -1.71. The predicted octanol–water partition coefficient (Wildman–Crippen LogP) is 3.13. The molecule has 1 aliphatic rings. The van der Waals surface area contributed by atoms with Crippen LogP contribution in [0.1, 0.15) is 44.6 Å². The van der Waals surface area contributed by atoms with Crippen molar-refractivity contribution in [1.29, 1.82) is 0 Å². The summed E-state index contributed by atoms with van der Waals surface area (Å²) in [6, 6.07) is 7.40. The molecule has 3 N–H and O–H groups in total. The van der Waals surface area contributed by atoms with Gasteiger partial charge in [-0.05, 0) is 43.7 Å².